The third kappa shape index (κ3) is 1.46. The first-order chi connectivity index (χ1) is 9.02. The maximum atomic E-state index is 11.2. The Morgan fingerprint density at radius 1 is 1.21 bits per heavy atom. The van der Waals surface area contributed by atoms with Crippen molar-refractivity contribution in [2.45, 2.75) is 20.3 Å². The van der Waals surface area contributed by atoms with Gasteiger partial charge in [0.25, 0.3) is 5.69 Å². The van der Waals surface area contributed by atoms with Crippen molar-refractivity contribution in [1.29, 1.82) is 0 Å². The Kier molecular flexibility index (Phi) is 2.35. The normalized spacial score (nSPS) is 12.1. The molecular weight excluding hydrogens is 240 g/mol. The van der Waals surface area contributed by atoms with Gasteiger partial charge >= 0.3 is 0 Å². The maximum Gasteiger partial charge on any atom is 0.295 e. The van der Waals surface area contributed by atoms with Gasteiger partial charge in [0.15, 0.2) is 0 Å². The summed E-state index contributed by atoms with van der Waals surface area (Å²) in [6.45, 7) is 3.65. The highest BCUT2D eigenvalue weighted by Gasteiger charge is 2.30. The molecule has 0 aromatic heterocycles. The van der Waals surface area contributed by atoms with Gasteiger partial charge in [0.05, 0.1) is 4.92 Å². The largest absolute Gasteiger partial charge is 0.393 e. The third-order valence-electron chi connectivity index (χ3n) is 3.98. The topological polar surface area (TPSA) is 69.2 Å². The van der Waals surface area contributed by atoms with Crippen LogP contribution in [0, 0.1) is 24.0 Å². The fourth-order valence-corrected chi connectivity index (χ4v) is 3.00. The van der Waals surface area contributed by atoms with Crippen molar-refractivity contribution in [2.75, 3.05) is 5.73 Å². The molecule has 3 rings (SSSR count). The summed E-state index contributed by atoms with van der Waals surface area (Å²) in [5.41, 5.74) is 12.2. The molecule has 1 aliphatic rings. The summed E-state index contributed by atoms with van der Waals surface area (Å²) in [5, 5.41) is 11.2. The summed E-state index contributed by atoms with van der Waals surface area (Å²) in [5.74, 6) is 0. The zero-order chi connectivity index (χ0) is 13.7. The van der Waals surface area contributed by atoms with Gasteiger partial charge in [-0.05, 0) is 48.1 Å². The summed E-state index contributed by atoms with van der Waals surface area (Å²) >= 11 is 0. The van der Waals surface area contributed by atoms with Crippen LogP contribution < -0.4 is 5.73 Å². The van der Waals surface area contributed by atoms with Gasteiger partial charge in [-0.15, -0.1) is 0 Å². The van der Waals surface area contributed by atoms with Gasteiger partial charge in [0.2, 0.25) is 0 Å². The molecule has 2 aromatic rings. The molecule has 0 fully saturated rings. The molecule has 0 aliphatic heterocycles. The summed E-state index contributed by atoms with van der Waals surface area (Å²) in [7, 11) is 0. The van der Waals surface area contributed by atoms with Crippen LogP contribution in [0.15, 0.2) is 24.3 Å². The van der Waals surface area contributed by atoms with E-state index in [2.05, 4.69) is 6.07 Å². The SMILES string of the molecule is Cc1c(N)c([N+](=O)[O-])c(C)c2c1Cc1ccccc1-2. The van der Waals surface area contributed by atoms with Crippen molar-refractivity contribution in [3.05, 3.63) is 56.6 Å². The Labute approximate surface area is 111 Å². The van der Waals surface area contributed by atoms with Crippen molar-refractivity contribution < 1.29 is 4.92 Å². The van der Waals surface area contributed by atoms with Gasteiger partial charge in [-0.1, -0.05) is 24.3 Å². The van der Waals surface area contributed by atoms with E-state index in [9.17, 15) is 10.1 Å². The first-order valence-corrected chi connectivity index (χ1v) is 6.16. The summed E-state index contributed by atoms with van der Waals surface area (Å²) < 4.78 is 0. The number of fused-ring (bicyclic) bond motifs is 3. The lowest BCUT2D eigenvalue weighted by Gasteiger charge is -2.12. The molecule has 0 saturated carbocycles. The standard InChI is InChI=1S/C15H14N2O2/c1-8-12-7-10-5-3-4-6-11(10)13(12)9(2)15(14(8)16)17(18)19/h3-6H,7,16H2,1-2H3. The Morgan fingerprint density at radius 2 is 1.89 bits per heavy atom. The number of anilines is 1. The molecule has 2 N–H and O–H groups in total. The van der Waals surface area contributed by atoms with E-state index in [1.807, 2.05) is 25.1 Å². The van der Waals surface area contributed by atoms with Crippen molar-refractivity contribution in [3.8, 4) is 11.1 Å². The number of nitro groups is 1. The van der Waals surface area contributed by atoms with Gasteiger partial charge in [0, 0.05) is 5.56 Å². The van der Waals surface area contributed by atoms with Crippen LogP contribution in [0.5, 0.6) is 0 Å². The van der Waals surface area contributed by atoms with E-state index in [-0.39, 0.29) is 10.6 Å². The highest BCUT2D eigenvalue weighted by atomic mass is 16.6. The number of hydrogen-bond acceptors (Lipinski definition) is 3. The summed E-state index contributed by atoms with van der Waals surface area (Å²) in [6, 6.07) is 8.04. The molecule has 4 heteroatoms. The van der Waals surface area contributed by atoms with Gasteiger partial charge in [-0.25, -0.2) is 0 Å². The lowest BCUT2D eigenvalue weighted by molar-refractivity contribution is -0.384. The third-order valence-corrected chi connectivity index (χ3v) is 3.98. The Hall–Kier alpha value is -2.36. The molecule has 4 nitrogen and oxygen atoms in total. The van der Waals surface area contributed by atoms with E-state index in [1.54, 1.807) is 6.92 Å². The molecular formula is C15H14N2O2. The molecule has 0 saturated heterocycles. The second-order valence-corrected chi connectivity index (χ2v) is 4.96. The number of nitrogen functional groups attached to an aromatic ring is 1. The fraction of sp³-hybridized carbons (Fsp3) is 0.200. The quantitative estimate of drug-likeness (QED) is 0.411. The number of nitrogens with two attached hydrogens (primary N) is 1. The van der Waals surface area contributed by atoms with Crippen LogP contribution >= 0.6 is 0 Å². The van der Waals surface area contributed by atoms with Crippen molar-refractivity contribution in [3.63, 3.8) is 0 Å². The van der Waals surface area contributed by atoms with Crippen LogP contribution in [0.1, 0.15) is 22.3 Å². The van der Waals surface area contributed by atoms with E-state index in [1.165, 1.54) is 5.56 Å². The van der Waals surface area contributed by atoms with Crippen LogP contribution in [-0.4, -0.2) is 4.92 Å². The fourth-order valence-electron chi connectivity index (χ4n) is 3.00. The van der Waals surface area contributed by atoms with Crippen molar-refractivity contribution >= 4 is 11.4 Å². The van der Waals surface area contributed by atoms with Crippen molar-refractivity contribution in [2.24, 2.45) is 0 Å². The van der Waals surface area contributed by atoms with Gasteiger partial charge in [0.1, 0.15) is 5.69 Å². The monoisotopic (exact) mass is 254 g/mol. The molecule has 96 valence electrons. The lowest BCUT2D eigenvalue weighted by Crippen LogP contribution is -2.04. The number of benzene rings is 2. The number of nitro benzene ring substituents is 1. The Morgan fingerprint density at radius 3 is 2.58 bits per heavy atom. The summed E-state index contributed by atoms with van der Waals surface area (Å²) in [4.78, 5) is 10.9. The minimum atomic E-state index is -0.376. The predicted octanol–water partition coefficient (Wildman–Crippen LogP) is 3.37. The average Bonchev–Trinajstić information content (AvgIpc) is 2.75. The van der Waals surface area contributed by atoms with Crippen LogP contribution in [0.4, 0.5) is 11.4 Å². The molecule has 2 aromatic carbocycles. The maximum absolute atomic E-state index is 11.2. The van der Waals surface area contributed by atoms with Gasteiger partial charge in [-0.3, -0.25) is 10.1 Å². The van der Waals surface area contributed by atoms with E-state index in [4.69, 9.17) is 5.73 Å². The highest BCUT2D eigenvalue weighted by Crippen LogP contribution is 2.46. The molecule has 0 bridgehead atoms. The number of rotatable bonds is 1. The lowest BCUT2D eigenvalue weighted by atomic mass is 9.94. The molecule has 19 heavy (non-hydrogen) atoms. The minimum Gasteiger partial charge on any atom is -0.393 e. The molecule has 0 unspecified atom stereocenters. The number of nitrogens with zero attached hydrogens (tertiary/aromatic N) is 1. The zero-order valence-corrected chi connectivity index (χ0v) is 10.9. The Bertz CT molecular complexity index is 721. The molecule has 0 spiro atoms. The van der Waals surface area contributed by atoms with Gasteiger partial charge in [-0.2, -0.15) is 0 Å². The molecule has 0 atom stereocenters. The predicted molar refractivity (Wildman–Crippen MR) is 75.2 cm³/mol. The average molecular weight is 254 g/mol. The molecule has 0 radical (unpaired) electrons. The summed E-state index contributed by atoms with van der Waals surface area (Å²) in [6.07, 6.45) is 0.806. The minimum absolute atomic E-state index is 0.0490. The van der Waals surface area contributed by atoms with Crippen LogP contribution in [0.2, 0.25) is 0 Å². The van der Waals surface area contributed by atoms with Crippen molar-refractivity contribution in [1.82, 2.24) is 0 Å². The second kappa shape index (κ2) is 3.82. The number of hydrogen-bond donors (Lipinski definition) is 1. The first-order valence-electron chi connectivity index (χ1n) is 6.16. The molecule has 0 amide bonds. The second-order valence-electron chi connectivity index (χ2n) is 4.96. The molecule has 0 heterocycles. The van der Waals surface area contributed by atoms with Crippen LogP contribution in [-0.2, 0) is 6.42 Å². The van der Waals surface area contributed by atoms with E-state index < -0.39 is 0 Å². The smallest absolute Gasteiger partial charge is 0.295 e. The van der Waals surface area contributed by atoms with E-state index >= 15 is 0 Å². The highest BCUT2D eigenvalue weighted by molar-refractivity contribution is 5.88. The Balaban J connectivity index is 2.42. The molecule has 1 aliphatic carbocycles. The first kappa shape index (κ1) is 11.7. The van der Waals surface area contributed by atoms with Crippen LogP contribution in [0.3, 0.4) is 0 Å². The zero-order valence-electron chi connectivity index (χ0n) is 10.9. The van der Waals surface area contributed by atoms with E-state index in [0.29, 0.717) is 11.3 Å². The van der Waals surface area contributed by atoms with E-state index in [0.717, 1.165) is 28.7 Å². The van der Waals surface area contributed by atoms with Crippen LogP contribution in [0.25, 0.3) is 11.1 Å². The van der Waals surface area contributed by atoms with Gasteiger partial charge < -0.3 is 5.73 Å².